The van der Waals surface area contributed by atoms with Gasteiger partial charge < -0.3 is 9.26 Å². The molecular weight excluding hydrogens is 184 g/mol. The third-order valence-corrected chi connectivity index (χ3v) is 1.48. The van der Waals surface area contributed by atoms with E-state index in [4.69, 9.17) is 0 Å². The molecule has 0 aliphatic carbocycles. The summed E-state index contributed by atoms with van der Waals surface area (Å²) in [6, 6.07) is 0. The second-order valence-corrected chi connectivity index (χ2v) is 2.30. The lowest BCUT2D eigenvalue weighted by Crippen LogP contribution is -2.05. The predicted octanol–water partition coefficient (Wildman–Crippen LogP) is 1.71. The standard InChI is InChI=1S/C7H7F2NO3/c1-3-4(7(11)12-2)5(6(8)9)13-10-3/h6H,1-2H3. The number of carbonyl (C=O) groups excluding carboxylic acids is 1. The minimum atomic E-state index is -2.87. The predicted molar refractivity (Wildman–Crippen MR) is 37.5 cm³/mol. The van der Waals surface area contributed by atoms with E-state index in [0.717, 1.165) is 7.11 Å². The first-order valence-corrected chi connectivity index (χ1v) is 3.40. The second kappa shape index (κ2) is 3.51. The molecule has 0 saturated carbocycles. The van der Waals surface area contributed by atoms with Crippen LogP contribution in [0, 0.1) is 6.92 Å². The van der Waals surface area contributed by atoms with Crippen LogP contribution in [-0.2, 0) is 4.74 Å². The highest BCUT2D eigenvalue weighted by Gasteiger charge is 2.27. The number of nitrogens with zero attached hydrogens (tertiary/aromatic N) is 1. The summed E-state index contributed by atoms with van der Waals surface area (Å²) in [6.07, 6.45) is -2.87. The van der Waals surface area contributed by atoms with Gasteiger partial charge in [-0.1, -0.05) is 5.16 Å². The Bertz CT molecular complexity index is 322. The van der Waals surface area contributed by atoms with Crippen molar-refractivity contribution in [3.8, 4) is 0 Å². The van der Waals surface area contributed by atoms with Crippen molar-refractivity contribution in [2.75, 3.05) is 7.11 Å². The Hall–Kier alpha value is -1.46. The van der Waals surface area contributed by atoms with E-state index in [1.807, 2.05) is 0 Å². The summed E-state index contributed by atoms with van der Waals surface area (Å²) in [5.74, 6) is -1.61. The van der Waals surface area contributed by atoms with Gasteiger partial charge in [0.1, 0.15) is 5.56 Å². The van der Waals surface area contributed by atoms with Gasteiger partial charge in [-0.05, 0) is 6.92 Å². The number of alkyl halides is 2. The Kier molecular flexibility index (Phi) is 2.60. The zero-order valence-corrected chi connectivity index (χ0v) is 7.01. The number of methoxy groups -OCH3 is 1. The first-order valence-electron chi connectivity index (χ1n) is 3.40. The molecule has 0 fully saturated rings. The highest BCUT2D eigenvalue weighted by Crippen LogP contribution is 2.25. The number of hydrogen-bond acceptors (Lipinski definition) is 4. The van der Waals surface area contributed by atoms with Gasteiger partial charge in [0.2, 0.25) is 5.76 Å². The maximum atomic E-state index is 12.2. The van der Waals surface area contributed by atoms with Gasteiger partial charge in [-0.25, -0.2) is 13.6 Å². The molecule has 0 spiro atoms. The van der Waals surface area contributed by atoms with E-state index >= 15 is 0 Å². The number of hydrogen-bond donors (Lipinski definition) is 0. The van der Waals surface area contributed by atoms with Gasteiger partial charge in [0.15, 0.2) is 0 Å². The molecule has 1 aromatic heterocycles. The largest absolute Gasteiger partial charge is 0.465 e. The number of esters is 1. The maximum absolute atomic E-state index is 12.2. The maximum Gasteiger partial charge on any atom is 0.343 e. The van der Waals surface area contributed by atoms with Gasteiger partial charge in [0, 0.05) is 0 Å². The van der Waals surface area contributed by atoms with E-state index in [0.29, 0.717) is 0 Å². The minimum absolute atomic E-state index is 0.0992. The van der Waals surface area contributed by atoms with Gasteiger partial charge >= 0.3 is 5.97 Å². The van der Waals surface area contributed by atoms with Crippen molar-refractivity contribution in [1.29, 1.82) is 0 Å². The number of aryl methyl sites for hydroxylation is 1. The van der Waals surface area contributed by atoms with E-state index in [1.165, 1.54) is 6.92 Å². The van der Waals surface area contributed by atoms with Gasteiger partial charge in [-0.15, -0.1) is 0 Å². The van der Waals surface area contributed by atoms with E-state index < -0.39 is 18.2 Å². The average Bonchev–Trinajstić information content (AvgIpc) is 2.46. The lowest BCUT2D eigenvalue weighted by molar-refractivity contribution is 0.0577. The molecule has 0 aliphatic heterocycles. The van der Waals surface area contributed by atoms with E-state index in [1.54, 1.807) is 0 Å². The molecule has 72 valence electrons. The SMILES string of the molecule is COC(=O)c1c(C)noc1C(F)F. The Morgan fingerprint density at radius 1 is 1.62 bits per heavy atom. The highest BCUT2D eigenvalue weighted by molar-refractivity contribution is 5.91. The topological polar surface area (TPSA) is 52.3 Å². The lowest BCUT2D eigenvalue weighted by atomic mass is 10.2. The Morgan fingerprint density at radius 2 is 2.23 bits per heavy atom. The third-order valence-electron chi connectivity index (χ3n) is 1.48. The Labute approximate surface area is 72.5 Å². The molecule has 0 amide bonds. The molecule has 1 rings (SSSR count). The number of halogens is 2. The number of carbonyl (C=O) groups is 1. The normalized spacial score (nSPS) is 10.5. The van der Waals surface area contributed by atoms with Crippen molar-refractivity contribution in [3.63, 3.8) is 0 Å². The summed E-state index contributed by atoms with van der Waals surface area (Å²) in [4.78, 5) is 11.0. The smallest absolute Gasteiger partial charge is 0.343 e. The zero-order valence-electron chi connectivity index (χ0n) is 7.01. The van der Waals surface area contributed by atoms with Gasteiger partial charge in [0.25, 0.3) is 6.43 Å². The van der Waals surface area contributed by atoms with Crippen molar-refractivity contribution in [3.05, 3.63) is 17.0 Å². The van der Waals surface area contributed by atoms with Crippen LogP contribution in [0.2, 0.25) is 0 Å². The van der Waals surface area contributed by atoms with Crippen LogP contribution in [0.1, 0.15) is 28.2 Å². The fourth-order valence-electron chi connectivity index (χ4n) is 0.887. The quantitative estimate of drug-likeness (QED) is 0.667. The molecule has 0 N–H and O–H groups in total. The molecule has 0 unspecified atom stereocenters. The second-order valence-electron chi connectivity index (χ2n) is 2.30. The molecule has 0 bridgehead atoms. The van der Waals surface area contributed by atoms with Crippen LogP contribution in [0.5, 0.6) is 0 Å². The summed E-state index contributed by atoms with van der Waals surface area (Å²) in [7, 11) is 1.10. The molecular formula is C7H7F2NO3. The first kappa shape index (κ1) is 9.63. The van der Waals surface area contributed by atoms with Crippen molar-refractivity contribution in [2.24, 2.45) is 0 Å². The van der Waals surface area contributed by atoms with Crippen molar-refractivity contribution < 1.29 is 22.8 Å². The average molecular weight is 191 g/mol. The monoisotopic (exact) mass is 191 g/mol. The molecule has 0 radical (unpaired) electrons. The molecule has 1 aromatic rings. The molecule has 0 aromatic carbocycles. The van der Waals surface area contributed by atoms with Crippen LogP contribution in [0.25, 0.3) is 0 Å². The van der Waals surface area contributed by atoms with Crippen molar-refractivity contribution in [2.45, 2.75) is 13.3 Å². The van der Waals surface area contributed by atoms with Crippen LogP contribution in [0.3, 0.4) is 0 Å². The van der Waals surface area contributed by atoms with Gasteiger partial charge in [-0.2, -0.15) is 0 Å². The fourth-order valence-corrected chi connectivity index (χ4v) is 0.887. The van der Waals surface area contributed by atoms with Crippen molar-refractivity contribution >= 4 is 5.97 Å². The third kappa shape index (κ3) is 1.66. The molecule has 1 heterocycles. The molecule has 0 saturated heterocycles. The van der Waals surface area contributed by atoms with E-state index in [9.17, 15) is 13.6 Å². The highest BCUT2D eigenvalue weighted by atomic mass is 19.3. The molecule has 6 heteroatoms. The van der Waals surface area contributed by atoms with Crippen LogP contribution >= 0.6 is 0 Å². The summed E-state index contributed by atoms with van der Waals surface area (Å²) < 4.78 is 33.0. The molecule has 4 nitrogen and oxygen atoms in total. The van der Waals surface area contributed by atoms with Crippen LogP contribution in [0.4, 0.5) is 8.78 Å². The molecule has 13 heavy (non-hydrogen) atoms. The number of aromatic nitrogens is 1. The van der Waals surface area contributed by atoms with Gasteiger partial charge in [-0.3, -0.25) is 0 Å². The van der Waals surface area contributed by atoms with Crippen LogP contribution in [0.15, 0.2) is 4.52 Å². The first-order chi connectivity index (χ1) is 6.07. The number of ether oxygens (including phenoxy) is 1. The lowest BCUT2D eigenvalue weighted by Gasteiger charge is -1.98. The molecule has 0 atom stereocenters. The fraction of sp³-hybridized carbons (Fsp3) is 0.429. The van der Waals surface area contributed by atoms with Crippen molar-refractivity contribution in [1.82, 2.24) is 5.16 Å². The summed E-state index contributed by atoms with van der Waals surface area (Å²) in [5.41, 5.74) is -0.195. The Balaban J connectivity index is 3.16. The summed E-state index contributed by atoms with van der Waals surface area (Å²) in [6.45, 7) is 1.39. The minimum Gasteiger partial charge on any atom is -0.465 e. The Morgan fingerprint density at radius 3 is 2.69 bits per heavy atom. The van der Waals surface area contributed by atoms with Gasteiger partial charge in [0.05, 0.1) is 12.8 Å². The van der Waals surface area contributed by atoms with E-state index in [-0.39, 0.29) is 11.3 Å². The van der Waals surface area contributed by atoms with E-state index in [2.05, 4.69) is 14.4 Å². The van der Waals surface area contributed by atoms with Crippen LogP contribution in [-0.4, -0.2) is 18.2 Å². The summed E-state index contributed by atoms with van der Waals surface area (Å²) >= 11 is 0. The summed E-state index contributed by atoms with van der Waals surface area (Å²) in [5, 5.41) is 3.25. The molecule has 0 aliphatic rings. The number of rotatable bonds is 2. The zero-order chi connectivity index (χ0) is 10.0. The van der Waals surface area contributed by atoms with Crippen LogP contribution < -0.4 is 0 Å².